The molecule has 0 amide bonds. The van der Waals surface area contributed by atoms with Gasteiger partial charge in [-0.3, -0.25) is 8.42 Å². The molecule has 0 aromatic carbocycles. The van der Waals surface area contributed by atoms with E-state index in [0.717, 1.165) is 0 Å². The van der Waals surface area contributed by atoms with Gasteiger partial charge in [0.25, 0.3) is 0 Å². The van der Waals surface area contributed by atoms with Gasteiger partial charge in [-0.1, -0.05) is 52.4 Å². The molecule has 0 saturated carbocycles. The zero-order chi connectivity index (χ0) is 10.7. The number of hydrogen-bond acceptors (Lipinski definition) is 4. The van der Waals surface area contributed by atoms with Crippen LogP contribution in [0, 0.1) is 0 Å². The summed E-state index contributed by atoms with van der Waals surface area (Å²) in [4.78, 5) is 0. The van der Waals surface area contributed by atoms with Crippen molar-refractivity contribution in [2.45, 2.75) is 52.4 Å². The van der Waals surface area contributed by atoms with Crippen molar-refractivity contribution >= 4 is 10.4 Å². The Kier molecular flexibility index (Phi) is 11.8. The highest BCUT2D eigenvalue weighted by atomic mass is 32.3. The summed E-state index contributed by atoms with van der Waals surface area (Å²) in [6.45, 7) is 4.51. The van der Waals surface area contributed by atoms with Crippen LogP contribution >= 0.6 is 0 Å². The van der Waals surface area contributed by atoms with Crippen molar-refractivity contribution < 1.29 is 17.5 Å². The molecule has 0 aliphatic rings. The molecule has 0 atom stereocenters. The van der Waals surface area contributed by atoms with Crippen LogP contribution in [-0.2, 0) is 10.4 Å². The minimum atomic E-state index is -5.17. The van der Waals surface area contributed by atoms with Gasteiger partial charge in [-0.2, -0.15) is 0 Å². The van der Waals surface area contributed by atoms with E-state index >= 15 is 0 Å². The summed E-state index contributed by atoms with van der Waals surface area (Å²) in [5, 5.41) is 0. The largest absolute Gasteiger partial charge is 0.759 e. The maximum Gasteiger partial charge on any atom is 0.0311 e. The van der Waals surface area contributed by atoms with Crippen molar-refractivity contribution in [2.75, 3.05) is 0 Å². The van der Waals surface area contributed by atoms with Crippen LogP contribution in [0.1, 0.15) is 52.4 Å². The molecule has 82 valence electrons. The summed E-state index contributed by atoms with van der Waals surface area (Å²) in [7, 11) is -5.17. The van der Waals surface area contributed by atoms with E-state index in [9.17, 15) is 0 Å². The van der Waals surface area contributed by atoms with Gasteiger partial charge in [-0.05, 0) is 0 Å². The lowest BCUT2D eigenvalue weighted by Crippen LogP contribution is -1.91. The third-order valence-electron chi connectivity index (χ3n) is 1.46. The summed E-state index contributed by atoms with van der Waals surface area (Å²) in [5.41, 5.74) is 0. The summed E-state index contributed by atoms with van der Waals surface area (Å²) >= 11 is 0. The number of hydrogen-bond donors (Lipinski definition) is 0. The molecule has 13 heavy (non-hydrogen) atoms. The van der Waals surface area contributed by atoms with E-state index < -0.39 is 10.4 Å². The van der Waals surface area contributed by atoms with Crippen molar-refractivity contribution in [3.63, 3.8) is 0 Å². The third-order valence-corrected chi connectivity index (χ3v) is 1.46. The Balaban J connectivity index is 0. The Morgan fingerprint density at radius 2 is 1.08 bits per heavy atom. The van der Waals surface area contributed by atoms with Crippen molar-refractivity contribution in [1.82, 2.24) is 0 Å². The van der Waals surface area contributed by atoms with Crippen LogP contribution in [0.5, 0.6) is 0 Å². The van der Waals surface area contributed by atoms with E-state index in [-0.39, 0.29) is 0 Å². The first-order valence-electron chi connectivity index (χ1n) is 4.58. The van der Waals surface area contributed by atoms with Crippen LogP contribution in [0.3, 0.4) is 0 Å². The van der Waals surface area contributed by atoms with Crippen LogP contribution in [0.2, 0.25) is 0 Å². The fourth-order valence-electron chi connectivity index (χ4n) is 0.854. The minimum absolute atomic E-state index is 1.36. The molecule has 0 saturated heterocycles. The average Bonchev–Trinajstić information content (AvgIpc) is 1.95. The summed E-state index contributed by atoms with van der Waals surface area (Å²) in [6, 6.07) is 0. The van der Waals surface area contributed by atoms with E-state index in [1.807, 2.05) is 0 Å². The van der Waals surface area contributed by atoms with E-state index in [4.69, 9.17) is 17.5 Å². The first-order valence-corrected chi connectivity index (χ1v) is 5.91. The lowest BCUT2D eigenvalue weighted by atomic mass is 10.1. The standard InChI is InChI=1S/C8H18.H2O4S/c1-3-5-7-8-6-4-2;1-5(2,3)4/h3-8H2,1-2H3;(H2,1,2,3,4)/p-2. The summed E-state index contributed by atoms with van der Waals surface area (Å²) < 4.78 is 34.1. The molecule has 0 aliphatic carbocycles. The molecular formula is C8H18O4S-2. The Hall–Kier alpha value is -0.130. The zero-order valence-corrected chi connectivity index (χ0v) is 9.10. The molecule has 0 spiro atoms. The molecule has 0 aromatic rings. The Bertz CT molecular complexity index is 161. The maximum atomic E-state index is 8.52. The third kappa shape index (κ3) is 48.8. The molecule has 4 nitrogen and oxygen atoms in total. The molecule has 0 fully saturated rings. The number of unbranched alkanes of at least 4 members (excludes halogenated alkanes) is 5. The van der Waals surface area contributed by atoms with Crippen LogP contribution in [0.4, 0.5) is 0 Å². The van der Waals surface area contributed by atoms with Crippen LogP contribution in [0.25, 0.3) is 0 Å². The first kappa shape index (κ1) is 15.3. The van der Waals surface area contributed by atoms with Gasteiger partial charge in [-0.15, -0.1) is 0 Å². The molecule has 0 aliphatic heterocycles. The quantitative estimate of drug-likeness (QED) is 0.395. The molecule has 0 N–H and O–H groups in total. The highest BCUT2D eigenvalue weighted by Crippen LogP contribution is 2.03. The van der Waals surface area contributed by atoms with Crippen LogP contribution in [-0.4, -0.2) is 17.5 Å². The van der Waals surface area contributed by atoms with Gasteiger partial charge < -0.3 is 9.11 Å². The monoisotopic (exact) mass is 210 g/mol. The molecule has 0 bridgehead atoms. The zero-order valence-electron chi connectivity index (χ0n) is 8.28. The second-order valence-corrected chi connectivity index (χ2v) is 3.64. The van der Waals surface area contributed by atoms with Crippen LogP contribution < -0.4 is 0 Å². The van der Waals surface area contributed by atoms with Gasteiger partial charge in [0.15, 0.2) is 0 Å². The number of rotatable bonds is 5. The Morgan fingerprint density at radius 1 is 0.846 bits per heavy atom. The molecule has 0 radical (unpaired) electrons. The maximum absolute atomic E-state index is 8.52. The highest BCUT2D eigenvalue weighted by Gasteiger charge is 1.83. The Morgan fingerprint density at radius 3 is 1.23 bits per heavy atom. The molecule has 0 aromatic heterocycles. The van der Waals surface area contributed by atoms with Gasteiger partial charge in [0.1, 0.15) is 0 Å². The van der Waals surface area contributed by atoms with Crippen LogP contribution in [0.15, 0.2) is 0 Å². The lowest BCUT2D eigenvalue weighted by Gasteiger charge is -2.06. The van der Waals surface area contributed by atoms with Crippen molar-refractivity contribution in [1.29, 1.82) is 0 Å². The molecular weight excluding hydrogens is 192 g/mol. The molecule has 0 unspecified atom stereocenters. The van der Waals surface area contributed by atoms with Crippen molar-refractivity contribution in [3.05, 3.63) is 0 Å². The average molecular weight is 210 g/mol. The second-order valence-electron chi connectivity index (χ2n) is 2.82. The SMILES string of the molecule is CCCCCCCC.O=S(=O)([O-])[O-]. The van der Waals surface area contributed by atoms with E-state index in [1.54, 1.807) is 0 Å². The molecule has 0 rings (SSSR count). The second kappa shape index (κ2) is 9.95. The summed E-state index contributed by atoms with van der Waals surface area (Å²) in [6.07, 6.45) is 8.49. The van der Waals surface area contributed by atoms with E-state index in [0.29, 0.717) is 0 Å². The van der Waals surface area contributed by atoms with Gasteiger partial charge in [-0.25, -0.2) is 0 Å². The fourth-order valence-corrected chi connectivity index (χ4v) is 0.854. The first-order chi connectivity index (χ1) is 5.91. The molecule has 0 heterocycles. The topological polar surface area (TPSA) is 80.3 Å². The van der Waals surface area contributed by atoms with Gasteiger partial charge >= 0.3 is 0 Å². The summed E-state index contributed by atoms with van der Waals surface area (Å²) in [5.74, 6) is 0. The smallest absolute Gasteiger partial charge is 0.0311 e. The highest BCUT2D eigenvalue weighted by molar-refractivity contribution is 7.79. The minimum Gasteiger partial charge on any atom is -0.759 e. The predicted octanol–water partition coefficient (Wildman–Crippen LogP) is 2.03. The normalized spacial score (nSPS) is 10.5. The van der Waals surface area contributed by atoms with Crippen molar-refractivity contribution in [3.8, 4) is 0 Å². The van der Waals surface area contributed by atoms with Crippen molar-refractivity contribution in [2.24, 2.45) is 0 Å². The Labute approximate surface area is 80.9 Å². The van der Waals surface area contributed by atoms with E-state index in [2.05, 4.69) is 13.8 Å². The predicted molar refractivity (Wildman–Crippen MR) is 49.5 cm³/mol. The lowest BCUT2D eigenvalue weighted by molar-refractivity contribution is 0.352. The van der Waals surface area contributed by atoms with Gasteiger partial charge in [0.05, 0.1) is 0 Å². The van der Waals surface area contributed by atoms with E-state index in [1.165, 1.54) is 38.5 Å². The molecule has 5 heteroatoms. The van der Waals surface area contributed by atoms with Gasteiger partial charge in [0, 0.05) is 10.4 Å². The fraction of sp³-hybridized carbons (Fsp3) is 1.00. The van der Waals surface area contributed by atoms with Gasteiger partial charge in [0.2, 0.25) is 0 Å².